The smallest absolute Gasteiger partial charge is 0.480 e. The lowest BCUT2D eigenvalue weighted by Crippen LogP contribution is -2.23. The van der Waals surface area contributed by atoms with Gasteiger partial charge in [-0.1, -0.05) is 0 Å². The Kier molecular flexibility index (Phi) is 3.43. The van der Waals surface area contributed by atoms with Crippen LogP contribution in [0.2, 0.25) is 0 Å². The summed E-state index contributed by atoms with van der Waals surface area (Å²) in [5.74, 6) is -1.49. The molecule has 1 aromatic heterocycles. The Hall–Kier alpha value is -1.70. The van der Waals surface area contributed by atoms with Crippen LogP contribution in [0.4, 0.5) is 13.2 Å². The molecule has 0 atom stereocenters. The zero-order valence-electron chi connectivity index (χ0n) is 8.09. The number of nitrogens with one attached hydrogen (secondary N) is 1. The minimum Gasteiger partial charge on any atom is -0.480 e. The summed E-state index contributed by atoms with van der Waals surface area (Å²) in [7, 11) is 1.07. The number of aliphatic hydroxyl groups is 1. The Morgan fingerprint density at radius 2 is 2.12 bits per heavy atom. The highest BCUT2D eigenvalue weighted by Gasteiger charge is 2.34. The van der Waals surface area contributed by atoms with Gasteiger partial charge in [0.25, 0.3) is 0 Å². The minimum absolute atomic E-state index is 0.0244. The summed E-state index contributed by atoms with van der Waals surface area (Å²) in [6, 6.07) is 0.795. The molecule has 0 amide bonds. The number of methoxy groups -OCH3 is 1. The van der Waals surface area contributed by atoms with Gasteiger partial charge in [-0.05, 0) is 0 Å². The topological polar surface area (TPSA) is 71.5 Å². The van der Waals surface area contributed by atoms with Gasteiger partial charge in [-0.3, -0.25) is 4.79 Å². The van der Waals surface area contributed by atoms with Gasteiger partial charge in [0.15, 0.2) is 0 Å². The van der Waals surface area contributed by atoms with E-state index < -0.39 is 30.0 Å². The quantitative estimate of drug-likeness (QED) is 0.817. The predicted octanol–water partition coefficient (Wildman–Crippen LogP) is 0.774. The highest BCUT2D eigenvalue weighted by Crippen LogP contribution is 2.26. The molecule has 0 aliphatic rings. The average molecular weight is 239 g/mol. The molecule has 0 aliphatic carbocycles. The SMILES string of the molecule is COc1[nH]c(CO)cc(=O)c1OC(F)(F)F. The zero-order chi connectivity index (χ0) is 12.3. The molecule has 0 bridgehead atoms. The Labute approximate surface area is 87.4 Å². The fourth-order valence-corrected chi connectivity index (χ4v) is 1.02. The van der Waals surface area contributed by atoms with Gasteiger partial charge >= 0.3 is 6.36 Å². The van der Waals surface area contributed by atoms with Crippen LogP contribution in [0.1, 0.15) is 5.69 Å². The van der Waals surface area contributed by atoms with Gasteiger partial charge in [-0.15, -0.1) is 13.2 Å². The van der Waals surface area contributed by atoms with E-state index in [4.69, 9.17) is 5.11 Å². The van der Waals surface area contributed by atoms with Gasteiger partial charge in [0.05, 0.1) is 13.7 Å². The van der Waals surface area contributed by atoms with Crippen molar-refractivity contribution in [1.82, 2.24) is 4.98 Å². The number of halogens is 3. The Morgan fingerprint density at radius 3 is 2.56 bits per heavy atom. The highest BCUT2D eigenvalue weighted by molar-refractivity contribution is 5.35. The van der Waals surface area contributed by atoms with E-state index in [1.807, 2.05) is 0 Å². The number of aromatic amines is 1. The maximum atomic E-state index is 11.9. The number of hydrogen-bond donors (Lipinski definition) is 2. The van der Waals surface area contributed by atoms with Crippen molar-refractivity contribution >= 4 is 0 Å². The van der Waals surface area contributed by atoms with Crippen LogP contribution in [0.5, 0.6) is 11.6 Å². The number of pyridine rings is 1. The van der Waals surface area contributed by atoms with E-state index in [2.05, 4.69) is 14.5 Å². The highest BCUT2D eigenvalue weighted by atomic mass is 19.4. The van der Waals surface area contributed by atoms with Crippen LogP contribution >= 0.6 is 0 Å². The summed E-state index contributed by atoms with van der Waals surface area (Å²) in [5.41, 5.74) is -1.01. The van der Waals surface area contributed by atoms with Gasteiger partial charge in [0.2, 0.25) is 17.1 Å². The molecule has 0 fully saturated rings. The Balaban J connectivity index is 3.22. The first-order valence-corrected chi connectivity index (χ1v) is 4.04. The second-order valence-corrected chi connectivity index (χ2v) is 2.73. The van der Waals surface area contributed by atoms with E-state index in [9.17, 15) is 18.0 Å². The molecule has 1 heterocycles. The van der Waals surface area contributed by atoms with E-state index in [1.165, 1.54) is 0 Å². The summed E-state index contributed by atoms with van der Waals surface area (Å²) in [4.78, 5) is 13.5. The van der Waals surface area contributed by atoms with Crippen LogP contribution < -0.4 is 14.9 Å². The number of ether oxygens (including phenoxy) is 2. The molecule has 0 aromatic carbocycles. The Bertz CT molecular complexity index is 426. The molecule has 90 valence electrons. The second kappa shape index (κ2) is 4.44. The molecule has 0 spiro atoms. The summed E-state index contributed by atoms with van der Waals surface area (Å²) >= 11 is 0. The van der Waals surface area contributed by atoms with Crippen molar-refractivity contribution in [1.29, 1.82) is 0 Å². The Morgan fingerprint density at radius 1 is 1.50 bits per heavy atom. The van der Waals surface area contributed by atoms with Crippen LogP contribution in [0.25, 0.3) is 0 Å². The molecule has 0 saturated heterocycles. The van der Waals surface area contributed by atoms with E-state index >= 15 is 0 Å². The molecule has 1 rings (SSSR count). The third kappa shape index (κ3) is 2.89. The maximum absolute atomic E-state index is 11.9. The number of rotatable bonds is 3. The minimum atomic E-state index is -4.99. The van der Waals surface area contributed by atoms with Gasteiger partial charge < -0.3 is 19.6 Å². The van der Waals surface area contributed by atoms with Crippen molar-refractivity contribution in [2.24, 2.45) is 0 Å². The molecule has 5 nitrogen and oxygen atoms in total. The molecule has 0 aliphatic heterocycles. The van der Waals surface area contributed by atoms with Crippen LogP contribution in [0, 0.1) is 0 Å². The van der Waals surface area contributed by atoms with E-state index in [1.54, 1.807) is 0 Å². The summed E-state index contributed by atoms with van der Waals surface area (Å²) in [6.07, 6.45) is -4.99. The van der Waals surface area contributed by atoms with Gasteiger partial charge in [0, 0.05) is 11.8 Å². The van der Waals surface area contributed by atoms with Crippen molar-refractivity contribution in [2.45, 2.75) is 13.0 Å². The summed E-state index contributed by atoms with van der Waals surface area (Å²) in [6.45, 7) is -0.530. The molecule has 0 unspecified atom stereocenters. The second-order valence-electron chi connectivity index (χ2n) is 2.73. The fraction of sp³-hybridized carbons (Fsp3) is 0.375. The first-order valence-electron chi connectivity index (χ1n) is 4.04. The normalized spacial score (nSPS) is 11.3. The summed E-state index contributed by atoms with van der Waals surface area (Å²) in [5, 5.41) is 8.72. The van der Waals surface area contributed by atoms with Gasteiger partial charge in [0.1, 0.15) is 0 Å². The van der Waals surface area contributed by atoms with E-state index in [-0.39, 0.29) is 5.69 Å². The van der Waals surface area contributed by atoms with Crippen molar-refractivity contribution in [2.75, 3.05) is 7.11 Å². The lowest BCUT2D eigenvalue weighted by atomic mass is 10.3. The monoisotopic (exact) mass is 239 g/mol. The number of hydrogen-bond acceptors (Lipinski definition) is 4. The first-order chi connectivity index (χ1) is 7.37. The van der Waals surface area contributed by atoms with Crippen LogP contribution in [0.3, 0.4) is 0 Å². The molecule has 0 saturated carbocycles. The largest absolute Gasteiger partial charge is 0.573 e. The van der Waals surface area contributed by atoms with Crippen molar-refractivity contribution < 1.29 is 27.8 Å². The van der Waals surface area contributed by atoms with Crippen LogP contribution in [-0.2, 0) is 6.61 Å². The zero-order valence-corrected chi connectivity index (χ0v) is 8.09. The van der Waals surface area contributed by atoms with Crippen LogP contribution in [0.15, 0.2) is 10.9 Å². The molecule has 16 heavy (non-hydrogen) atoms. The molecule has 0 radical (unpaired) electrons. The maximum Gasteiger partial charge on any atom is 0.573 e. The molecule has 2 N–H and O–H groups in total. The molecular formula is C8H8F3NO4. The standard InChI is InChI=1S/C8H8F3NO4/c1-15-7-6(16-8(9,10)11)5(14)2-4(3-13)12-7/h2,13H,3H2,1H3,(H,12,14). The van der Waals surface area contributed by atoms with E-state index in [0.29, 0.717) is 0 Å². The third-order valence-electron chi connectivity index (χ3n) is 1.60. The third-order valence-corrected chi connectivity index (χ3v) is 1.60. The average Bonchev–Trinajstić information content (AvgIpc) is 2.19. The summed E-state index contributed by atoms with van der Waals surface area (Å²) < 4.78 is 43.8. The van der Waals surface area contributed by atoms with Crippen LogP contribution in [-0.4, -0.2) is 23.6 Å². The van der Waals surface area contributed by atoms with Crippen molar-refractivity contribution in [3.05, 3.63) is 22.0 Å². The lowest BCUT2D eigenvalue weighted by Gasteiger charge is -2.12. The number of aromatic nitrogens is 1. The fourth-order valence-electron chi connectivity index (χ4n) is 1.02. The predicted molar refractivity (Wildman–Crippen MR) is 46.2 cm³/mol. The van der Waals surface area contributed by atoms with Crippen molar-refractivity contribution in [3.63, 3.8) is 0 Å². The number of H-pyrrole nitrogens is 1. The molecular weight excluding hydrogens is 231 g/mol. The first kappa shape index (κ1) is 12.4. The number of alkyl halides is 3. The van der Waals surface area contributed by atoms with Gasteiger partial charge in [-0.2, -0.15) is 0 Å². The lowest BCUT2D eigenvalue weighted by molar-refractivity contribution is -0.275. The number of aliphatic hydroxyl groups excluding tert-OH is 1. The van der Waals surface area contributed by atoms with E-state index in [0.717, 1.165) is 13.2 Å². The van der Waals surface area contributed by atoms with Crippen molar-refractivity contribution in [3.8, 4) is 11.6 Å². The molecule has 1 aromatic rings. The molecule has 8 heteroatoms. The van der Waals surface area contributed by atoms with Gasteiger partial charge in [-0.25, -0.2) is 0 Å².